The molecule has 0 aliphatic carbocycles. The van der Waals surface area contributed by atoms with Gasteiger partial charge in [-0.15, -0.1) is 0 Å². The van der Waals surface area contributed by atoms with Gasteiger partial charge in [-0.25, -0.2) is 8.42 Å². The zero-order valence-electron chi connectivity index (χ0n) is 20.6. The van der Waals surface area contributed by atoms with Crippen LogP contribution in [0.15, 0.2) is 46.9 Å². The largest absolute Gasteiger partial charge is 0.354 e. The van der Waals surface area contributed by atoms with E-state index in [1.54, 1.807) is 6.92 Å². The summed E-state index contributed by atoms with van der Waals surface area (Å²) in [6, 6.07) is 12.1. The Kier molecular flexibility index (Phi) is 9.70. The summed E-state index contributed by atoms with van der Waals surface area (Å²) >= 11 is 3.40. The Balaban J connectivity index is 2.41. The van der Waals surface area contributed by atoms with Crippen LogP contribution in [0.1, 0.15) is 37.5 Å². The Morgan fingerprint density at radius 3 is 2.06 bits per heavy atom. The van der Waals surface area contributed by atoms with Gasteiger partial charge in [0.05, 0.1) is 11.9 Å². The number of nitrogens with one attached hydrogen (secondary N) is 1. The van der Waals surface area contributed by atoms with E-state index in [9.17, 15) is 18.0 Å². The second-order valence-electron chi connectivity index (χ2n) is 8.97. The fourth-order valence-corrected chi connectivity index (χ4v) is 4.83. The van der Waals surface area contributed by atoms with Crippen LogP contribution in [0.3, 0.4) is 0 Å². The third-order valence-electron chi connectivity index (χ3n) is 5.49. The van der Waals surface area contributed by atoms with Gasteiger partial charge in [0.2, 0.25) is 21.8 Å². The van der Waals surface area contributed by atoms with Gasteiger partial charge in [-0.3, -0.25) is 13.9 Å². The van der Waals surface area contributed by atoms with Crippen molar-refractivity contribution in [1.82, 2.24) is 10.2 Å². The molecule has 9 heteroatoms. The highest BCUT2D eigenvalue weighted by atomic mass is 79.9. The van der Waals surface area contributed by atoms with Gasteiger partial charge < -0.3 is 10.2 Å². The van der Waals surface area contributed by atoms with Gasteiger partial charge in [-0.1, -0.05) is 60.1 Å². The van der Waals surface area contributed by atoms with Crippen LogP contribution in [0.4, 0.5) is 5.69 Å². The van der Waals surface area contributed by atoms with Gasteiger partial charge in [-0.05, 0) is 55.5 Å². The molecule has 34 heavy (non-hydrogen) atoms. The summed E-state index contributed by atoms with van der Waals surface area (Å²) < 4.78 is 27.5. The van der Waals surface area contributed by atoms with Crippen molar-refractivity contribution in [2.45, 2.75) is 47.2 Å². The monoisotopic (exact) mass is 551 g/mol. The second kappa shape index (κ2) is 11.8. The molecule has 2 amide bonds. The number of benzene rings is 2. The predicted octanol–water partition coefficient (Wildman–Crippen LogP) is 4.02. The van der Waals surface area contributed by atoms with E-state index in [0.29, 0.717) is 12.2 Å². The van der Waals surface area contributed by atoms with Crippen molar-refractivity contribution in [3.63, 3.8) is 0 Å². The quantitative estimate of drug-likeness (QED) is 0.483. The zero-order chi connectivity index (χ0) is 25.6. The standard InChI is InChI=1S/C25H34BrN3O4S/c1-17(2)14-27-25(31)20(5)28(15-21-10-12-22(26)13-11-21)23(30)16-29(34(6,32)33)24-18(3)8-7-9-19(24)4/h7-13,17,20H,14-16H2,1-6H3,(H,27,31). The maximum atomic E-state index is 13.6. The van der Waals surface area contributed by atoms with E-state index in [0.717, 1.165) is 31.7 Å². The smallest absolute Gasteiger partial charge is 0.244 e. The van der Waals surface area contributed by atoms with Crippen molar-refractivity contribution in [3.8, 4) is 0 Å². The van der Waals surface area contributed by atoms with Gasteiger partial charge in [-0.2, -0.15) is 0 Å². The molecule has 0 saturated heterocycles. The topological polar surface area (TPSA) is 86.8 Å². The van der Waals surface area contributed by atoms with E-state index in [4.69, 9.17) is 0 Å². The van der Waals surface area contributed by atoms with Crippen molar-refractivity contribution < 1.29 is 18.0 Å². The number of rotatable bonds is 10. The first kappa shape index (κ1) is 27.9. The minimum atomic E-state index is -3.76. The summed E-state index contributed by atoms with van der Waals surface area (Å²) in [7, 11) is -3.76. The van der Waals surface area contributed by atoms with Crippen LogP contribution >= 0.6 is 15.9 Å². The molecule has 1 N–H and O–H groups in total. The molecule has 0 heterocycles. The van der Waals surface area contributed by atoms with E-state index >= 15 is 0 Å². The van der Waals surface area contributed by atoms with E-state index in [1.165, 1.54) is 4.90 Å². The maximum absolute atomic E-state index is 13.6. The molecule has 0 aromatic heterocycles. The van der Waals surface area contributed by atoms with E-state index in [-0.39, 0.29) is 18.4 Å². The predicted molar refractivity (Wildman–Crippen MR) is 140 cm³/mol. The fraction of sp³-hybridized carbons (Fsp3) is 0.440. The Morgan fingerprint density at radius 2 is 1.56 bits per heavy atom. The highest BCUT2D eigenvalue weighted by Gasteiger charge is 2.31. The number of amides is 2. The molecule has 0 aliphatic rings. The molecule has 0 fully saturated rings. The van der Waals surface area contributed by atoms with Crippen LogP contribution in [0.25, 0.3) is 0 Å². The summed E-state index contributed by atoms with van der Waals surface area (Å²) in [5.41, 5.74) is 2.82. The number of halogens is 1. The SMILES string of the molecule is Cc1cccc(C)c1N(CC(=O)N(Cc1ccc(Br)cc1)C(C)C(=O)NCC(C)C)S(C)(=O)=O. The summed E-state index contributed by atoms with van der Waals surface area (Å²) in [5.74, 6) is -0.475. The number of hydrogen-bond acceptors (Lipinski definition) is 4. The van der Waals surface area contributed by atoms with Gasteiger partial charge in [0.25, 0.3) is 0 Å². The molecule has 2 rings (SSSR count). The first-order valence-electron chi connectivity index (χ1n) is 11.2. The van der Waals surface area contributed by atoms with Crippen LogP contribution in [0.2, 0.25) is 0 Å². The van der Waals surface area contributed by atoms with E-state index in [1.807, 2.05) is 70.2 Å². The normalized spacial score (nSPS) is 12.4. The third-order valence-corrected chi connectivity index (χ3v) is 7.13. The second-order valence-corrected chi connectivity index (χ2v) is 11.8. The Labute approximate surface area is 211 Å². The molecule has 2 aromatic carbocycles. The number of anilines is 1. The minimum Gasteiger partial charge on any atom is -0.354 e. The van der Waals surface area contributed by atoms with E-state index < -0.39 is 28.5 Å². The first-order chi connectivity index (χ1) is 15.8. The van der Waals surface area contributed by atoms with Crippen molar-refractivity contribution >= 4 is 43.5 Å². The fourth-order valence-electron chi connectivity index (χ4n) is 3.60. The van der Waals surface area contributed by atoms with Gasteiger partial charge >= 0.3 is 0 Å². The highest BCUT2D eigenvalue weighted by Crippen LogP contribution is 2.27. The lowest BCUT2D eigenvalue weighted by atomic mass is 10.1. The third kappa shape index (κ3) is 7.56. The van der Waals surface area contributed by atoms with Crippen molar-refractivity contribution in [2.75, 3.05) is 23.7 Å². The van der Waals surface area contributed by atoms with E-state index in [2.05, 4.69) is 21.2 Å². The molecule has 1 unspecified atom stereocenters. The lowest BCUT2D eigenvalue weighted by molar-refractivity contribution is -0.139. The van der Waals surface area contributed by atoms with Crippen LogP contribution < -0.4 is 9.62 Å². The molecule has 0 spiro atoms. The van der Waals surface area contributed by atoms with Gasteiger partial charge in [0.15, 0.2) is 0 Å². The molecular formula is C25H34BrN3O4S. The lowest BCUT2D eigenvalue weighted by Gasteiger charge is -2.32. The summed E-state index contributed by atoms with van der Waals surface area (Å²) in [5, 5.41) is 2.87. The van der Waals surface area contributed by atoms with Crippen molar-refractivity contribution in [2.24, 2.45) is 5.92 Å². The molecule has 7 nitrogen and oxygen atoms in total. The number of nitrogens with zero attached hydrogens (tertiary/aromatic N) is 2. The lowest BCUT2D eigenvalue weighted by Crippen LogP contribution is -2.51. The molecule has 186 valence electrons. The number of carbonyl (C=O) groups excluding carboxylic acids is 2. The van der Waals surface area contributed by atoms with Crippen molar-refractivity contribution in [3.05, 3.63) is 63.6 Å². The molecule has 0 radical (unpaired) electrons. The number of aryl methyl sites for hydroxylation is 2. The van der Waals surface area contributed by atoms with Crippen LogP contribution in [0, 0.1) is 19.8 Å². The summed E-state index contributed by atoms with van der Waals surface area (Å²) in [6.45, 7) is 9.53. The van der Waals surface area contributed by atoms with Crippen LogP contribution in [-0.2, 0) is 26.2 Å². The van der Waals surface area contributed by atoms with Crippen LogP contribution in [-0.4, -0.2) is 50.5 Å². The number of carbonyl (C=O) groups is 2. The number of sulfonamides is 1. The average molecular weight is 553 g/mol. The number of hydrogen-bond donors (Lipinski definition) is 1. The first-order valence-corrected chi connectivity index (χ1v) is 13.8. The Hall–Kier alpha value is -2.39. The number of para-hydroxylation sites is 1. The molecule has 2 aromatic rings. The van der Waals surface area contributed by atoms with Crippen LogP contribution in [0.5, 0.6) is 0 Å². The molecule has 0 bridgehead atoms. The maximum Gasteiger partial charge on any atom is 0.244 e. The van der Waals surface area contributed by atoms with Crippen molar-refractivity contribution in [1.29, 1.82) is 0 Å². The Morgan fingerprint density at radius 1 is 1.00 bits per heavy atom. The molecular weight excluding hydrogens is 518 g/mol. The molecule has 0 saturated carbocycles. The molecule has 1 atom stereocenters. The average Bonchev–Trinajstić information content (AvgIpc) is 2.74. The summed E-state index contributed by atoms with van der Waals surface area (Å²) in [6.07, 6.45) is 1.09. The molecule has 0 aliphatic heterocycles. The Bertz CT molecular complexity index is 1100. The highest BCUT2D eigenvalue weighted by molar-refractivity contribution is 9.10. The summed E-state index contributed by atoms with van der Waals surface area (Å²) in [4.78, 5) is 27.9. The van der Waals surface area contributed by atoms with Gasteiger partial charge in [0, 0.05) is 17.6 Å². The minimum absolute atomic E-state index is 0.173. The zero-order valence-corrected chi connectivity index (χ0v) is 23.0. The van der Waals surface area contributed by atoms with Gasteiger partial charge in [0.1, 0.15) is 12.6 Å².